The number of alkyl carbamates (subject to hydrolysis) is 1. The number of carbonyl (C=O) groups excluding carboxylic acids is 1. The maximum atomic E-state index is 10.8. The molecule has 15 heavy (non-hydrogen) atoms. The van der Waals surface area contributed by atoms with E-state index in [4.69, 9.17) is 12.2 Å². The molecule has 1 aromatic heterocycles. The van der Waals surface area contributed by atoms with Crippen LogP contribution in [0.4, 0.5) is 10.6 Å². The van der Waals surface area contributed by atoms with E-state index in [-0.39, 0.29) is 5.11 Å². The van der Waals surface area contributed by atoms with Gasteiger partial charge in [-0.15, -0.1) is 0 Å². The maximum absolute atomic E-state index is 10.8. The van der Waals surface area contributed by atoms with E-state index < -0.39 is 6.09 Å². The van der Waals surface area contributed by atoms with Crippen molar-refractivity contribution in [1.82, 2.24) is 10.3 Å². The highest BCUT2D eigenvalue weighted by atomic mass is 32.1. The maximum Gasteiger partial charge on any atom is 0.413 e. The minimum absolute atomic E-state index is 0.151. The van der Waals surface area contributed by atoms with Gasteiger partial charge in [-0.2, -0.15) is 0 Å². The summed E-state index contributed by atoms with van der Waals surface area (Å²) < 4.78 is 4.38. The van der Waals surface area contributed by atoms with Crippen molar-refractivity contribution < 1.29 is 9.53 Å². The second kappa shape index (κ2) is 5.26. The lowest BCUT2D eigenvalue weighted by Crippen LogP contribution is -2.34. The number of carbonyl (C=O) groups is 1. The molecule has 5 nitrogen and oxygen atoms in total. The first kappa shape index (κ1) is 11.4. The highest BCUT2D eigenvalue weighted by molar-refractivity contribution is 7.80. The molecule has 0 saturated heterocycles. The van der Waals surface area contributed by atoms with Gasteiger partial charge in [-0.1, -0.05) is 6.07 Å². The summed E-state index contributed by atoms with van der Waals surface area (Å²) in [5, 5.41) is 5.21. The number of anilines is 1. The molecule has 0 aliphatic carbocycles. The summed E-state index contributed by atoms with van der Waals surface area (Å²) >= 11 is 4.85. The van der Waals surface area contributed by atoms with Crippen molar-refractivity contribution >= 4 is 29.2 Å². The third kappa shape index (κ3) is 3.90. The number of methoxy groups -OCH3 is 1. The molecule has 0 atom stereocenters. The second-order valence-corrected chi connectivity index (χ2v) is 3.20. The Hall–Kier alpha value is -1.69. The number of nitrogens with zero attached hydrogens (tertiary/aromatic N) is 1. The Labute approximate surface area is 92.8 Å². The number of hydrogen-bond acceptors (Lipinski definition) is 4. The standard InChI is InChI=1S/C9H11N3O2S/c1-6-3-4-7(10-5-6)11-8(15)12-9(13)14-2/h3-5H,1-2H3,(H2,10,11,12,13,15). The molecular weight excluding hydrogens is 214 g/mol. The molecule has 1 heterocycles. The van der Waals surface area contributed by atoms with Gasteiger partial charge in [0.15, 0.2) is 5.11 Å². The van der Waals surface area contributed by atoms with Crippen LogP contribution in [0.1, 0.15) is 5.56 Å². The van der Waals surface area contributed by atoms with E-state index in [0.29, 0.717) is 5.82 Å². The minimum atomic E-state index is -0.611. The van der Waals surface area contributed by atoms with Crippen LogP contribution in [0.25, 0.3) is 0 Å². The van der Waals surface area contributed by atoms with Crippen molar-refractivity contribution in [2.45, 2.75) is 6.92 Å². The summed E-state index contributed by atoms with van der Waals surface area (Å²) in [7, 11) is 1.27. The normalized spacial score (nSPS) is 9.20. The number of hydrogen-bond donors (Lipinski definition) is 2. The van der Waals surface area contributed by atoms with Gasteiger partial charge < -0.3 is 10.1 Å². The number of thiocarbonyl (C=S) groups is 1. The predicted molar refractivity (Wildman–Crippen MR) is 60.7 cm³/mol. The van der Waals surface area contributed by atoms with Crippen LogP contribution in [-0.2, 0) is 4.74 Å². The summed E-state index contributed by atoms with van der Waals surface area (Å²) in [4.78, 5) is 14.8. The quantitative estimate of drug-likeness (QED) is 0.708. The van der Waals surface area contributed by atoms with Crippen molar-refractivity contribution in [3.05, 3.63) is 23.9 Å². The molecule has 0 aliphatic heterocycles. The number of nitrogens with one attached hydrogen (secondary N) is 2. The molecule has 0 fully saturated rings. The van der Waals surface area contributed by atoms with Gasteiger partial charge in [-0.25, -0.2) is 9.78 Å². The van der Waals surface area contributed by atoms with Crippen LogP contribution in [0.15, 0.2) is 18.3 Å². The predicted octanol–water partition coefficient (Wildman–Crippen LogP) is 1.44. The Morgan fingerprint density at radius 1 is 1.53 bits per heavy atom. The van der Waals surface area contributed by atoms with Gasteiger partial charge in [0.05, 0.1) is 7.11 Å². The number of ether oxygens (including phenoxy) is 1. The summed E-state index contributed by atoms with van der Waals surface area (Å²) in [6.45, 7) is 1.93. The van der Waals surface area contributed by atoms with Crippen LogP contribution in [0.2, 0.25) is 0 Å². The largest absolute Gasteiger partial charge is 0.453 e. The first-order valence-corrected chi connectivity index (χ1v) is 4.61. The van der Waals surface area contributed by atoms with Gasteiger partial charge >= 0.3 is 6.09 Å². The molecule has 0 unspecified atom stereocenters. The minimum Gasteiger partial charge on any atom is -0.453 e. The zero-order valence-electron chi connectivity index (χ0n) is 8.40. The summed E-state index contributed by atoms with van der Waals surface area (Å²) in [6.07, 6.45) is 1.09. The molecule has 0 radical (unpaired) electrons. The van der Waals surface area contributed by atoms with Gasteiger partial charge in [-0.3, -0.25) is 5.32 Å². The molecule has 0 saturated carbocycles. The van der Waals surface area contributed by atoms with Gasteiger partial charge in [0, 0.05) is 6.20 Å². The Kier molecular flexibility index (Phi) is 3.99. The third-order valence-electron chi connectivity index (χ3n) is 1.55. The fourth-order valence-corrected chi connectivity index (χ4v) is 1.02. The Morgan fingerprint density at radius 2 is 2.27 bits per heavy atom. The van der Waals surface area contributed by atoms with Crippen molar-refractivity contribution in [1.29, 1.82) is 0 Å². The monoisotopic (exact) mass is 225 g/mol. The molecule has 0 aromatic carbocycles. The first-order chi connectivity index (χ1) is 7.11. The molecule has 6 heteroatoms. The molecule has 1 rings (SSSR count). The van der Waals surface area contributed by atoms with Gasteiger partial charge in [0.25, 0.3) is 0 Å². The highest BCUT2D eigenvalue weighted by Gasteiger charge is 2.03. The van der Waals surface area contributed by atoms with Crippen LogP contribution < -0.4 is 10.6 Å². The fraction of sp³-hybridized carbons (Fsp3) is 0.222. The van der Waals surface area contributed by atoms with Crippen molar-refractivity contribution in [3.8, 4) is 0 Å². The topological polar surface area (TPSA) is 63.2 Å². The Balaban J connectivity index is 2.51. The van der Waals surface area contributed by atoms with E-state index in [9.17, 15) is 4.79 Å². The number of amides is 1. The van der Waals surface area contributed by atoms with Crippen molar-refractivity contribution in [3.63, 3.8) is 0 Å². The zero-order chi connectivity index (χ0) is 11.3. The summed E-state index contributed by atoms with van der Waals surface area (Å²) in [5.74, 6) is 0.571. The molecule has 0 spiro atoms. The molecule has 2 N–H and O–H groups in total. The molecule has 0 aliphatic rings. The van der Waals surface area contributed by atoms with Gasteiger partial charge in [0.1, 0.15) is 5.82 Å². The number of pyridine rings is 1. The van der Waals surface area contributed by atoms with E-state index in [0.717, 1.165) is 5.56 Å². The Bertz CT molecular complexity index is 364. The SMILES string of the molecule is COC(=O)NC(=S)Nc1ccc(C)cn1. The molecule has 0 bridgehead atoms. The van der Waals surface area contributed by atoms with E-state index in [1.165, 1.54) is 7.11 Å². The lowest BCUT2D eigenvalue weighted by Gasteiger charge is -2.07. The van der Waals surface area contributed by atoms with Crippen LogP contribution >= 0.6 is 12.2 Å². The van der Waals surface area contributed by atoms with E-state index in [1.54, 1.807) is 12.3 Å². The second-order valence-electron chi connectivity index (χ2n) is 2.79. The zero-order valence-corrected chi connectivity index (χ0v) is 9.22. The van der Waals surface area contributed by atoms with E-state index in [2.05, 4.69) is 20.4 Å². The number of aryl methyl sites for hydroxylation is 1. The van der Waals surface area contributed by atoms with E-state index in [1.807, 2.05) is 13.0 Å². The van der Waals surface area contributed by atoms with Crippen LogP contribution in [0.5, 0.6) is 0 Å². The third-order valence-corrected chi connectivity index (χ3v) is 1.76. The van der Waals surface area contributed by atoms with Crippen LogP contribution in [-0.4, -0.2) is 23.3 Å². The Morgan fingerprint density at radius 3 is 2.80 bits per heavy atom. The van der Waals surface area contributed by atoms with E-state index >= 15 is 0 Å². The number of rotatable bonds is 1. The highest BCUT2D eigenvalue weighted by Crippen LogP contribution is 2.03. The van der Waals surface area contributed by atoms with Crippen molar-refractivity contribution in [2.75, 3.05) is 12.4 Å². The average molecular weight is 225 g/mol. The van der Waals surface area contributed by atoms with Gasteiger partial charge in [-0.05, 0) is 30.8 Å². The molecular formula is C9H11N3O2S. The van der Waals surface area contributed by atoms with Crippen molar-refractivity contribution in [2.24, 2.45) is 0 Å². The van der Waals surface area contributed by atoms with Gasteiger partial charge in [0.2, 0.25) is 0 Å². The molecule has 80 valence electrons. The summed E-state index contributed by atoms with van der Waals surface area (Å²) in [5.41, 5.74) is 1.05. The average Bonchev–Trinajstić information content (AvgIpc) is 2.21. The van der Waals surface area contributed by atoms with Crippen LogP contribution in [0.3, 0.4) is 0 Å². The summed E-state index contributed by atoms with van der Waals surface area (Å²) in [6, 6.07) is 3.65. The fourth-order valence-electron chi connectivity index (χ4n) is 0.833. The first-order valence-electron chi connectivity index (χ1n) is 4.20. The lowest BCUT2D eigenvalue weighted by atomic mass is 10.3. The number of aromatic nitrogens is 1. The lowest BCUT2D eigenvalue weighted by molar-refractivity contribution is 0.177. The van der Waals surface area contributed by atoms with Crippen LogP contribution in [0, 0.1) is 6.92 Å². The molecule has 1 amide bonds. The molecule has 1 aromatic rings. The smallest absolute Gasteiger partial charge is 0.413 e.